The maximum Gasteiger partial charge on any atom is 0.192 e. The van der Waals surface area contributed by atoms with Crippen LogP contribution in [0.3, 0.4) is 0 Å². The maximum absolute atomic E-state index is 10.9. The van der Waals surface area contributed by atoms with Crippen LogP contribution in [0.4, 0.5) is 0 Å². The van der Waals surface area contributed by atoms with Gasteiger partial charge in [0.25, 0.3) is 0 Å². The number of carbonyl (C=O) groups excluding carboxylic acids is 1. The molecule has 4 nitrogen and oxygen atoms in total. The van der Waals surface area contributed by atoms with Crippen molar-refractivity contribution in [3.63, 3.8) is 0 Å². The van der Waals surface area contributed by atoms with Crippen LogP contribution >= 0.6 is 0 Å². The van der Waals surface area contributed by atoms with Crippen LogP contribution in [0.2, 0.25) is 18.1 Å². The molecule has 0 bridgehead atoms. The molecule has 1 fully saturated rings. The maximum atomic E-state index is 10.9. The van der Waals surface area contributed by atoms with E-state index in [1.54, 1.807) is 0 Å². The van der Waals surface area contributed by atoms with Crippen LogP contribution < -0.4 is 0 Å². The fraction of sp³-hybridized carbons (Fsp3) is 0.947. The lowest BCUT2D eigenvalue weighted by Gasteiger charge is -2.44. The van der Waals surface area contributed by atoms with Crippen LogP contribution in [0, 0.1) is 11.8 Å². The third kappa shape index (κ3) is 6.25. The Kier molecular flexibility index (Phi) is 7.25. The summed E-state index contributed by atoms with van der Waals surface area (Å²) < 4.78 is 18.6. The van der Waals surface area contributed by atoms with Crippen molar-refractivity contribution in [3.8, 4) is 0 Å². The SMILES string of the molecule is C[C@H](C[C@@H](C)C=O)[C@@H]1C[C@@H](CO[Si](C)(C)C(C)(C)C)OC(C)(C)O1. The summed E-state index contributed by atoms with van der Waals surface area (Å²) in [6, 6.07) is 0. The average Bonchev–Trinajstić information content (AvgIpc) is 2.42. The van der Waals surface area contributed by atoms with E-state index in [1.165, 1.54) is 0 Å². The zero-order valence-corrected chi connectivity index (χ0v) is 18.1. The molecule has 0 saturated carbocycles. The lowest BCUT2D eigenvalue weighted by molar-refractivity contribution is -0.311. The molecular formula is C19H38O4Si. The molecule has 0 unspecified atom stereocenters. The van der Waals surface area contributed by atoms with E-state index in [0.29, 0.717) is 12.5 Å². The number of rotatable bonds is 7. The summed E-state index contributed by atoms with van der Waals surface area (Å²) in [5.41, 5.74) is 0. The fourth-order valence-electron chi connectivity index (χ4n) is 2.91. The monoisotopic (exact) mass is 358 g/mol. The van der Waals surface area contributed by atoms with E-state index in [2.05, 4.69) is 40.8 Å². The second kappa shape index (κ2) is 7.98. The van der Waals surface area contributed by atoms with E-state index in [1.807, 2.05) is 20.8 Å². The Morgan fingerprint density at radius 2 is 1.83 bits per heavy atom. The quantitative estimate of drug-likeness (QED) is 0.485. The van der Waals surface area contributed by atoms with Crippen molar-refractivity contribution in [1.29, 1.82) is 0 Å². The second-order valence-corrected chi connectivity index (χ2v) is 14.2. The third-order valence-corrected chi connectivity index (χ3v) is 9.93. The second-order valence-electron chi connectivity index (χ2n) is 9.43. The number of hydrogen-bond donors (Lipinski definition) is 0. The summed E-state index contributed by atoms with van der Waals surface area (Å²) in [6.07, 6.45) is 2.84. The largest absolute Gasteiger partial charge is 0.414 e. The van der Waals surface area contributed by atoms with Gasteiger partial charge in [0.15, 0.2) is 14.1 Å². The molecule has 1 aliphatic rings. The summed E-state index contributed by atoms with van der Waals surface area (Å²) in [7, 11) is -1.78. The van der Waals surface area contributed by atoms with Crippen LogP contribution in [0.25, 0.3) is 0 Å². The summed E-state index contributed by atoms with van der Waals surface area (Å²) >= 11 is 0. The summed E-state index contributed by atoms with van der Waals surface area (Å²) in [4.78, 5) is 10.9. The van der Waals surface area contributed by atoms with Gasteiger partial charge in [0.2, 0.25) is 0 Å². The van der Waals surface area contributed by atoms with Gasteiger partial charge >= 0.3 is 0 Å². The van der Waals surface area contributed by atoms with Gasteiger partial charge in [0.1, 0.15) is 6.29 Å². The minimum Gasteiger partial charge on any atom is -0.414 e. The van der Waals surface area contributed by atoms with E-state index in [0.717, 1.165) is 19.1 Å². The smallest absolute Gasteiger partial charge is 0.192 e. The fourth-order valence-corrected chi connectivity index (χ4v) is 3.95. The Morgan fingerprint density at radius 1 is 1.25 bits per heavy atom. The molecule has 0 N–H and O–H groups in total. The van der Waals surface area contributed by atoms with Gasteiger partial charge in [-0.2, -0.15) is 0 Å². The van der Waals surface area contributed by atoms with Crippen LogP contribution in [-0.2, 0) is 18.7 Å². The average molecular weight is 359 g/mol. The van der Waals surface area contributed by atoms with Gasteiger partial charge in [-0.25, -0.2) is 0 Å². The lowest BCUT2D eigenvalue weighted by Crippen LogP contribution is -2.50. The van der Waals surface area contributed by atoms with Gasteiger partial charge in [0.05, 0.1) is 18.8 Å². The van der Waals surface area contributed by atoms with Crippen molar-refractivity contribution in [1.82, 2.24) is 0 Å². The number of aldehydes is 1. The molecule has 1 saturated heterocycles. The highest BCUT2D eigenvalue weighted by atomic mass is 28.4. The van der Waals surface area contributed by atoms with E-state index in [-0.39, 0.29) is 23.2 Å². The number of hydrogen-bond acceptors (Lipinski definition) is 4. The molecular weight excluding hydrogens is 320 g/mol. The van der Waals surface area contributed by atoms with Crippen LogP contribution in [0.15, 0.2) is 0 Å². The van der Waals surface area contributed by atoms with Crippen LogP contribution in [0.5, 0.6) is 0 Å². The molecule has 4 atom stereocenters. The molecule has 0 aromatic heterocycles. The van der Waals surface area contributed by atoms with E-state index < -0.39 is 14.1 Å². The van der Waals surface area contributed by atoms with Crippen molar-refractivity contribution < 1.29 is 18.7 Å². The van der Waals surface area contributed by atoms with Crippen molar-refractivity contribution >= 4 is 14.6 Å². The zero-order chi connectivity index (χ0) is 18.8. The standard InChI is InChI=1S/C19H38O4Si/c1-14(12-20)10-15(2)17-11-16(22-19(6,7)23-17)13-21-24(8,9)18(3,4)5/h12,14-17H,10-11,13H2,1-9H3/t14-,15-,16+,17+/m1/s1. The van der Waals surface area contributed by atoms with Gasteiger partial charge in [-0.15, -0.1) is 0 Å². The lowest BCUT2D eigenvalue weighted by atomic mass is 9.89. The molecule has 1 heterocycles. The molecule has 24 heavy (non-hydrogen) atoms. The topological polar surface area (TPSA) is 44.8 Å². The molecule has 1 aliphatic heterocycles. The third-order valence-electron chi connectivity index (χ3n) is 5.43. The van der Waals surface area contributed by atoms with Gasteiger partial charge in [-0.3, -0.25) is 0 Å². The van der Waals surface area contributed by atoms with Crippen molar-refractivity contribution in [2.24, 2.45) is 11.8 Å². The summed E-state index contributed by atoms with van der Waals surface area (Å²) in [5.74, 6) is -0.219. The normalized spacial score (nSPS) is 27.5. The Bertz CT molecular complexity index is 414. The molecule has 1 rings (SSSR count). The van der Waals surface area contributed by atoms with Gasteiger partial charge in [-0.1, -0.05) is 34.6 Å². The van der Waals surface area contributed by atoms with Crippen molar-refractivity contribution in [2.75, 3.05) is 6.61 Å². The van der Waals surface area contributed by atoms with E-state index in [4.69, 9.17) is 13.9 Å². The van der Waals surface area contributed by atoms with Crippen LogP contribution in [-0.4, -0.2) is 39.2 Å². The molecule has 0 aliphatic carbocycles. The predicted octanol–water partition coefficient (Wildman–Crippen LogP) is 4.78. The number of ether oxygens (including phenoxy) is 2. The Balaban J connectivity index is 2.70. The highest BCUT2D eigenvalue weighted by molar-refractivity contribution is 6.74. The molecule has 0 aromatic carbocycles. The van der Waals surface area contributed by atoms with Crippen LogP contribution in [0.1, 0.15) is 61.3 Å². The zero-order valence-electron chi connectivity index (χ0n) is 17.1. The Labute approximate surface area is 149 Å². The predicted molar refractivity (Wildman–Crippen MR) is 101 cm³/mol. The van der Waals surface area contributed by atoms with Gasteiger partial charge < -0.3 is 18.7 Å². The first-order chi connectivity index (χ1) is 10.8. The molecule has 0 radical (unpaired) electrons. The molecule has 0 aromatic rings. The minimum absolute atomic E-state index is 0.0434. The molecule has 5 heteroatoms. The first kappa shape index (κ1) is 21.8. The van der Waals surface area contributed by atoms with E-state index >= 15 is 0 Å². The highest BCUT2D eigenvalue weighted by Gasteiger charge is 2.41. The molecule has 0 amide bonds. The molecule has 0 spiro atoms. The minimum atomic E-state index is -1.78. The van der Waals surface area contributed by atoms with Gasteiger partial charge in [0, 0.05) is 12.3 Å². The van der Waals surface area contributed by atoms with E-state index in [9.17, 15) is 4.79 Å². The first-order valence-corrected chi connectivity index (χ1v) is 12.1. The Morgan fingerprint density at radius 3 is 2.33 bits per heavy atom. The summed E-state index contributed by atoms with van der Waals surface area (Å²) in [5, 5.41) is 0.194. The molecule has 142 valence electrons. The Hall–Kier alpha value is -0.233. The first-order valence-electron chi connectivity index (χ1n) is 9.22. The summed E-state index contributed by atoms with van der Waals surface area (Å²) in [6.45, 7) is 20.0. The van der Waals surface area contributed by atoms with Crippen molar-refractivity contribution in [2.45, 2.75) is 97.4 Å². The van der Waals surface area contributed by atoms with Gasteiger partial charge in [-0.05, 0) is 44.3 Å². The van der Waals surface area contributed by atoms with Crippen molar-refractivity contribution in [3.05, 3.63) is 0 Å². The number of carbonyl (C=O) groups is 1. The highest BCUT2D eigenvalue weighted by Crippen LogP contribution is 2.38.